The summed E-state index contributed by atoms with van der Waals surface area (Å²) in [6, 6.07) is 8.53. The minimum atomic E-state index is -0.629. The molecule has 4 rings (SSSR count). The van der Waals surface area contributed by atoms with Crippen LogP contribution in [0.3, 0.4) is 0 Å². The van der Waals surface area contributed by atoms with E-state index in [4.69, 9.17) is 28.9 Å². The zero-order chi connectivity index (χ0) is 27.0. The summed E-state index contributed by atoms with van der Waals surface area (Å²) in [6.07, 6.45) is 6.93. The molecule has 6 atom stereocenters. The van der Waals surface area contributed by atoms with Crippen molar-refractivity contribution < 1.29 is 9.59 Å². The molecule has 1 heterocycles. The molecule has 2 aromatic rings. The lowest BCUT2D eigenvalue weighted by Gasteiger charge is -2.51. The van der Waals surface area contributed by atoms with Crippen molar-refractivity contribution in [1.82, 2.24) is 10.3 Å². The largest absolute Gasteiger partial charge is 0.354 e. The van der Waals surface area contributed by atoms with Gasteiger partial charge in [-0.25, -0.2) is 0 Å². The molecule has 0 radical (unpaired) electrons. The highest BCUT2D eigenvalue weighted by Crippen LogP contribution is 2.53. The molecule has 1 aromatic carbocycles. The summed E-state index contributed by atoms with van der Waals surface area (Å²) < 4.78 is 0. The van der Waals surface area contributed by atoms with Crippen LogP contribution < -0.4 is 16.4 Å². The van der Waals surface area contributed by atoms with Crippen LogP contribution in [0.15, 0.2) is 42.7 Å². The number of hydrogen-bond donors (Lipinski definition) is 3. The molecule has 6 nitrogen and oxygen atoms in total. The maximum absolute atomic E-state index is 13.3. The number of hydrogen-bond acceptors (Lipinski definition) is 4. The monoisotopic (exact) mass is 544 g/mol. The van der Waals surface area contributed by atoms with Gasteiger partial charge in [0.25, 0.3) is 0 Å². The standard InChI is InChI=1S/C29H38Cl2N4O2/c1-17-11-18-12-19(15-29(4,14-18)27(37)35-21-7-9-33-10-8-21)24(17)25(32)26(36)34-16-28(2,3)20-5-6-22(30)23(31)13-20/h5-10,13,17-19,24-25H,11-12,14-16,32H2,1-4H3,(H,34,36)(H,33,35,37). The third-order valence-electron chi connectivity index (χ3n) is 8.60. The van der Waals surface area contributed by atoms with Crippen LogP contribution in [0.2, 0.25) is 10.0 Å². The molecule has 2 fully saturated rings. The Morgan fingerprint density at radius 1 is 1.14 bits per heavy atom. The van der Waals surface area contributed by atoms with Crippen molar-refractivity contribution in [1.29, 1.82) is 0 Å². The number of amides is 2. The molecule has 0 aliphatic heterocycles. The predicted octanol–water partition coefficient (Wildman–Crippen LogP) is 5.83. The smallest absolute Gasteiger partial charge is 0.237 e. The van der Waals surface area contributed by atoms with Gasteiger partial charge in [0, 0.05) is 35.5 Å². The van der Waals surface area contributed by atoms with Crippen LogP contribution in [0, 0.1) is 29.1 Å². The SMILES string of the molecule is CC1CC2CC(CC(C)(C(=O)Nc3ccncc3)C2)C1C(N)C(=O)NCC(C)(C)c1ccc(Cl)c(Cl)c1. The number of nitrogens with two attached hydrogens (primary N) is 1. The first-order valence-electron chi connectivity index (χ1n) is 13.1. The van der Waals surface area contributed by atoms with E-state index >= 15 is 0 Å². The van der Waals surface area contributed by atoms with E-state index in [9.17, 15) is 9.59 Å². The van der Waals surface area contributed by atoms with E-state index in [1.807, 2.05) is 12.1 Å². The predicted molar refractivity (Wildman–Crippen MR) is 150 cm³/mol. The van der Waals surface area contributed by atoms with Crippen LogP contribution in [0.5, 0.6) is 0 Å². The number of halogens is 2. The van der Waals surface area contributed by atoms with Gasteiger partial charge in [0.15, 0.2) is 0 Å². The molecular formula is C29H38Cl2N4O2. The van der Waals surface area contributed by atoms with Gasteiger partial charge >= 0.3 is 0 Å². The number of nitrogens with zero attached hydrogens (tertiary/aromatic N) is 1. The lowest BCUT2D eigenvalue weighted by molar-refractivity contribution is -0.133. The Labute approximate surface area is 230 Å². The van der Waals surface area contributed by atoms with E-state index < -0.39 is 11.5 Å². The van der Waals surface area contributed by atoms with E-state index in [1.54, 1.807) is 30.6 Å². The zero-order valence-electron chi connectivity index (χ0n) is 22.1. The Kier molecular flexibility index (Phi) is 8.22. The fourth-order valence-electron chi connectivity index (χ4n) is 6.68. The summed E-state index contributed by atoms with van der Waals surface area (Å²) in [5, 5.41) is 7.17. The average molecular weight is 546 g/mol. The van der Waals surface area contributed by atoms with Gasteiger partial charge in [0.1, 0.15) is 0 Å². The number of fused-ring (bicyclic) bond motifs is 2. The van der Waals surface area contributed by atoms with E-state index in [2.05, 4.69) is 43.3 Å². The quantitative estimate of drug-likeness (QED) is 0.408. The molecule has 1 aromatic heterocycles. The molecule has 200 valence electrons. The minimum absolute atomic E-state index is 0.0256. The summed E-state index contributed by atoms with van der Waals surface area (Å²) in [5.74, 6) is 0.916. The number of aromatic nitrogens is 1. The van der Waals surface area contributed by atoms with Crippen molar-refractivity contribution in [3.63, 3.8) is 0 Å². The van der Waals surface area contributed by atoms with Gasteiger partial charge in [-0.05, 0) is 79.2 Å². The number of carbonyl (C=O) groups is 2. The number of rotatable bonds is 7. The molecule has 2 bridgehead atoms. The minimum Gasteiger partial charge on any atom is -0.354 e. The summed E-state index contributed by atoms with van der Waals surface area (Å²) in [4.78, 5) is 30.7. The second-order valence-electron chi connectivity index (χ2n) is 12.1. The zero-order valence-corrected chi connectivity index (χ0v) is 23.6. The Balaban J connectivity index is 1.43. The molecule has 6 unspecified atom stereocenters. The van der Waals surface area contributed by atoms with Gasteiger partial charge in [0.2, 0.25) is 11.8 Å². The lowest BCUT2D eigenvalue weighted by atomic mass is 9.54. The molecule has 37 heavy (non-hydrogen) atoms. The third kappa shape index (κ3) is 6.13. The molecular weight excluding hydrogens is 507 g/mol. The van der Waals surface area contributed by atoms with Crippen molar-refractivity contribution in [2.45, 2.75) is 64.8 Å². The first kappa shape index (κ1) is 27.9. The normalized spacial score (nSPS) is 28.3. The molecule has 0 spiro atoms. The van der Waals surface area contributed by atoms with Crippen molar-refractivity contribution >= 4 is 40.7 Å². The molecule has 8 heteroatoms. The summed E-state index contributed by atoms with van der Waals surface area (Å²) in [6.45, 7) is 8.80. The van der Waals surface area contributed by atoms with E-state index in [0.717, 1.165) is 36.9 Å². The molecule has 2 aliphatic rings. The van der Waals surface area contributed by atoms with Gasteiger partial charge in [-0.15, -0.1) is 0 Å². The summed E-state index contributed by atoms with van der Waals surface area (Å²) in [5.41, 5.74) is 7.56. The van der Waals surface area contributed by atoms with Gasteiger partial charge in [-0.1, -0.05) is 57.0 Å². The van der Waals surface area contributed by atoms with Crippen LogP contribution in [0.4, 0.5) is 5.69 Å². The van der Waals surface area contributed by atoms with E-state index in [0.29, 0.717) is 28.4 Å². The van der Waals surface area contributed by atoms with E-state index in [1.165, 1.54) is 0 Å². The number of benzene rings is 1. The van der Waals surface area contributed by atoms with E-state index in [-0.39, 0.29) is 29.1 Å². The second kappa shape index (κ2) is 10.9. The number of anilines is 1. The highest BCUT2D eigenvalue weighted by atomic mass is 35.5. The van der Waals surface area contributed by atoms with Crippen LogP contribution in [0.25, 0.3) is 0 Å². The Morgan fingerprint density at radius 2 is 1.84 bits per heavy atom. The van der Waals surface area contributed by atoms with Crippen molar-refractivity contribution in [2.75, 3.05) is 11.9 Å². The first-order chi connectivity index (χ1) is 17.4. The van der Waals surface area contributed by atoms with Crippen LogP contribution >= 0.6 is 23.2 Å². The lowest BCUT2D eigenvalue weighted by Crippen LogP contribution is -2.56. The molecule has 2 aliphatic carbocycles. The maximum atomic E-state index is 13.3. The van der Waals surface area contributed by atoms with Gasteiger partial charge in [0.05, 0.1) is 16.1 Å². The number of nitrogens with one attached hydrogen (secondary N) is 2. The average Bonchev–Trinajstić information content (AvgIpc) is 2.84. The molecule has 2 saturated carbocycles. The fourth-order valence-corrected chi connectivity index (χ4v) is 6.98. The van der Waals surface area contributed by atoms with Crippen LogP contribution in [0.1, 0.15) is 58.9 Å². The van der Waals surface area contributed by atoms with Gasteiger partial charge < -0.3 is 16.4 Å². The molecule has 0 saturated heterocycles. The number of carbonyl (C=O) groups excluding carboxylic acids is 2. The topological polar surface area (TPSA) is 97.1 Å². The van der Waals surface area contributed by atoms with Crippen LogP contribution in [-0.4, -0.2) is 29.4 Å². The molecule has 2 amide bonds. The Hall–Kier alpha value is -2.15. The van der Waals surface area contributed by atoms with Crippen molar-refractivity contribution in [2.24, 2.45) is 34.8 Å². The van der Waals surface area contributed by atoms with Gasteiger partial charge in [-0.2, -0.15) is 0 Å². The summed E-state index contributed by atoms with van der Waals surface area (Å²) >= 11 is 12.3. The highest BCUT2D eigenvalue weighted by molar-refractivity contribution is 6.42. The Bertz CT molecular complexity index is 1140. The van der Waals surface area contributed by atoms with Crippen molar-refractivity contribution in [3.05, 3.63) is 58.3 Å². The third-order valence-corrected chi connectivity index (χ3v) is 9.34. The summed E-state index contributed by atoms with van der Waals surface area (Å²) in [7, 11) is 0. The fraction of sp³-hybridized carbons (Fsp3) is 0.552. The maximum Gasteiger partial charge on any atom is 0.237 e. The second-order valence-corrected chi connectivity index (χ2v) is 12.9. The Morgan fingerprint density at radius 3 is 2.51 bits per heavy atom. The van der Waals surface area contributed by atoms with Crippen LogP contribution in [-0.2, 0) is 15.0 Å². The van der Waals surface area contributed by atoms with Crippen molar-refractivity contribution in [3.8, 4) is 0 Å². The van der Waals surface area contributed by atoms with Gasteiger partial charge in [-0.3, -0.25) is 14.6 Å². The highest BCUT2D eigenvalue weighted by Gasteiger charge is 2.51. The number of pyridine rings is 1. The molecule has 4 N–H and O–H groups in total. The first-order valence-corrected chi connectivity index (χ1v) is 13.9.